The van der Waals surface area contributed by atoms with Crippen LogP contribution in [0.5, 0.6) is 5.75 Å². The second-order valence-corrected chi connectivity index (χ2v) is 7.88. The molecule has 0 unspecified atom stereocenters. The molecule has 0 radical (unpaired) electrons. The van der Waals surface area contributed by atoms with Crippen LogP contribution in [-0.4, -0.2) is 10.9 Å². The SMILES string of the molecule is Cc1ccc(-c2nc(COc3ccc(F)c(C(N)=O)c3F)sc2Br)cc1. The standard InChI is InChI=1S/C18H13BrF2N2O2S/c1-9-2-4-10(5-3-9)16-17(19)26-13(23-16)8-25-12-7-6-11(20)14(15(12)21)18(22)24/h2-7H,8H2,1H3,(H2,22,24). The topological polar surface area (TPSA) is 65.2 Å². The van der Waals surface area contributed by atoms with Gasteiger partial charge < -0.3 is 10.5 Å². The fraction of sp³-hybridized carbons (Fsp3) is 0.111. The third-order valence-corrected chi connectivity index (χ3v) is 5.29. The molecule has 8 heteroatoms. The van der Waals surface area contributed by atoms with Crippen molar-refractivity contribution in [2.45, 2.75) is 13.5 Å². The van der Waals surface area contributed by atoms with Crippen LogP contribution in [0.15, 0.2) is 40.2 Å². The lowest BCUT2D eigenvalue weighted by Crippen LogP contribution is -2.16. The predicted molar refractivity (Wildman–Crippen MR) is 99.2 cm³/mol. The van der Waals surface area contributed by atoms with Gasteiger partial charge in [-0.15, -0.1) is 11.3 Å². The lowest BCUT2D eigenvalue weighted by molar-refractivity contribution is 0.0991. The first-order valence-corrected chi connectivity index (χ1v) is 9.10. The Morgan fingerprint density at radius 1 is 1.23 bits per heavy atom. The molecule has 1 aromatic heterocycles. The molecule has 134 valence electrons. The fourth-order valence-corrected chi connectivity index (χ4v) is 3.90. The third-order valence-electron chi connectivity index (χ3n) is 3.61. The Morgan fingerprint density at radius 2 is 1.92 bits per heavy atom. The number of amides is 1. The number of thiazole rings is 1. The molecule has 0 aliphatic rings. The highest BCUT2D eigenvalue weighted by Crippen LogP contribution is 2.34. The van der Waals surface area contributed by atoms with Crippen molar-refractivity contribution in [3.63, 3.8) is 0 Å². The van der Waals surface area contributed by atoms with Crippen molar-refractivity contribution in [1.29, 1.82) is 0 Å². The van der Waals surface area contributed by atoms with E-state index in [4.69, 9.17) is 10.5 Å². The maximum atomic E-state index is 14.2. The Bertz CT molecular complexity index is 974. The molecule has 0 saturated heterocycles. The minimum absolute atomic E-state index is 0.0319. The van der Waals surface area contributed by atoms with Gasteiger partial charge in [0.15, 0.2) is 11.6 Å². The molecule has 3 rings (SSSR count). The molecule has 0 saturated carbocycles. The smallest absolute Gasteiger partial charge is 0.254 e. The van der Waals surface area contributed by atoms with Gasteiger partial charge in [0.2, 0.25) is 0 Å². The molecule has 0 bridgehead atoms. The number of nitrogens with zero attached hydrogens (tertiary/aromatic N) is 1. The number of aromatic nitrogens is 1. The monoisotopic (exact) mass is 438 g/mol. The van der Waals surface area contributed by atoms with Crippen molar-refractivity contribution in [2.24, 2.45) is 5.73 Å². The number of aryl methyl sites for hydroxylation is 1. The summed E-state index contributed by atoms with van der Waals surface area (Å²) in [5.41, 5.74) is 7.02. The van der Waals surface area contributed by atoms with Crippen molar-refractivity contribution in [3.05, 3.63) is 68.0 Å². The van der Waals surface area contributed by atoms with Crippen LogP contribution in [0.25, 0.3) is 11.3 Å². The molecular weight excluding hydrogens is 426 g/mol. The van der Waals surface area contributed by atoms with E-state index in [0.717, 1.165) is 32.7 Å². The molecule has 2 aromatic carbocycles. The van der Waals surface area contributed by atoms with Gasteiger partial charge in [-0.05, 0) is 35.0 Å². The van der Waals surface area contributed by atoms with Crippen LogP contribution in [0.1, 0.15) is 20.9 Å². The van der Waals surface area contributed by atoms with Crippen molar-refractivity contribution < 1.29 is 18.3 Å². The molecule has 26 heavy (non-hydrogen) atoms. The van der Waals surface area contributed by atoms with Gasteiger partial charge in [0.1, 0.15) is 23.0 Å². The zero-order valence-electron chi connectivity index (χ0n) is 13.6. The molecule has 3 aromatic rings. The molecule has 2 N–H and O–H groups in total. The van der Waals surface area contributed by atoms with Gasteiger partial charge >= 0.3 is 0 Å². The van der Waals surface area contributed by atoms with Crippen LogP contribution in [0.4, 0.5) is 8.78 Å². The minimum Gasteiger partial charge on any atom is -0.483 e. The number of benzene rings is 2. The van der Waals surface area contributed by atoms with Gasteiger partial charge in [0.05, 0.1) is 9.48 Å². The van der Waals surface area contributed by atoms with Crippen molar-refractivity contribution >= 4 is 33.2 Å². The van der Waals surface area contributed by atoms with Gasteiger partial charge in [-0.25, -0.2) is 13.8 Å². The zero-order chi connectivity index (χ0) is 18.8. The van der Waals surface area contributed by atoms with Gasteiger partial charge in [0.25, 0.3) is 5.91 Å². The average molecular weight is 439 g/mol. The maximum absolute atomic E-state index is 14.2. The van der Waals surface area contributed by atoms with E-state index in [1.165, 1.54) is 11.3 Å². The summed E-state index contributed by atoms with van der Waals surface area (Å²) in [5.74, 6) is -3.60. The molecule has 0 aliphatic carbocycles. The molecule has 0 aliphatic heterocycles. The number of halogens is 3. The van der Waals surface area contributed by atoms with E-state index in [1.54, 1.807) is 0 Å². The summed E-state index contributed by atoms with van der Waals surface area (Å²) >= 11 is 4.81. The summed E-state index contributed by atoms with van der Waals surface area (Å²) in [6, 6.07) is 9.93. The van der Waals surface area contributed by atoms with Crippen LogP contribution in [0.3, 0.4) is 0 Å². The number of nitrogens with two attached hydrogens (primary N) is 1. The van der Waals surface area contributed by atoms with Crippen molar-refractivity contribution in [3.8, 4) is 17.0 Å². The molecular formula is C18H13BrF2N2O2S. The Hall–Kier alpha value is -2.32. The van der Waals surface area contributed by atoms with Crippen molar-refractivity contribution in [2.75, 3.05) is 0 Å². The number of hydrogen-bond donors (Lipinski definition) is 1. The average Bonchev–Trinajstić information content (AvgIpc) is 2.95. The molecule has 0 atom stereocenters. The Balaban J connectivity index is 1.81. The zero-order valence-corrected chi connectivity index (χ0v) is 16.0. The predicted octanol–water partition coefficient (Wildman–Crippen LogP) is 4.84. The molecule has 1 heterocycles. The van der Waals surface area contributed by atoms with E-state index >= 15 is 0 Å². The van der Waals surface area contributed by atoms with Crippen LogP contribution < -0.4 is 10.5 Å². The summed E-state index contributed by atoms with van der Waals surface area (Å²) in [7, 11) is 0. The van der Waals surface area contributed by atoms with E-state index < -0.39 is 23.1 Å². The number of hydrogen-bond acceptors (Lipinski definition) is 4. The van der Waals surface area contributed by atoms with Gasteiger partial charge in [-0.1, -0.05) is 29.8 Å². The summed E-state index contributed by atoms with van der Waals surface area (Å²) in [6.45, 7) is 1.96. The number of rotatable bonds is 5. The lowest BCUT2D eigenvalue weighted by atomic mass is 10.1. The highest BCUT2D eigenvalue weighted by molar-refractivity contribution is 9.11. The van der Waals surface area contributed by atoms with E-state index in [-0.39, 0.29) is 12.4 Å². The molecule has 0 spiro atoms. The lowest BCUT2D eigenvalue weighted by Gasteiger charge is -2.08. The second-order valence-electron chi connectivity index (χ2n) is 5.48. The van der Waals surface area contributed by atoms with Crippen LogP contribution in [-0.2, 0) is 6.61 Å². The first-order valence-electron chi connectivity index (χ1n) is 7.49. The molecule has 0 fully saturated rings. The first-order chi connectivity index (χ1) is 12.4. The maximum Gasteiger partial charge on any atom is 0.254 e. The number of carbonyl (C=O) groups is 1. The Morgan fingerprint density at radius 3 is 2.58 bits per heavy atom. The quantitative estimate of drug-likeness (QED) is 0.619. The number of carbonyl (C=O) groups excluding carboxylic acids is 1. The van der Waals surface area contributed by atoms with Crippen molar-refractivity contribution in [1.82, 2.24) is 4.98 Å². The van der Waals surface area contributed by atoms with E-state index in [0.29, 0.717) is 5.01 Å². The summed E-state index contributed by atoms with van der Waals surface area (Å²) in [6.07, 6.45) is 0. The Kier molecular flexibility index (Phi) is 5.33. The fourth-order valence-electron chi connectivity index (χ4n) is 2.30. The summed E-state index contributed by atoms with van der Waals surface area (Å²) in [4.78, 5) is 15.7. The number of primary amides is 1. The van der Waals surface area contributed by atoms with Gasteiger partial charge in [-0.2, -0.15) is 0 Å². The second kappa shape index (κ2) is 7.51. The highest BCUT2D eigenvalue weighted by atomic mass is 79.9. The van der Waals surface area contributed by atoms with E-state index in [1.807, 2.05) is 31.2 Å². The number of ether oxygens (including phenoxy) is 1. The minimum atomic E-state index is -1.19. The van der Waals surface area contributed by atoms with Gasteiger partial charge in [0, 0.05) is 5.56 Å². The van der Waals surface area contributed by atoms with Crippen LogP contribution in [0.2, 0.25) is 0 Å². The first kappa shape index (κ1) is 18.5. The van der Waals surface area contributed by atoms with E-state index in [2.05, 4.69) is 20.9 Å². The normalized spacial score (nSPS) is 10.8. The summed E-state index contributed by atoms with van der Waals surface area (Å²) in [5, 5.41) is 0.594. The molecule has 1 amide bonds. The summed E-state index contributed by atoms with van der Waals surface area (Å²) < 4.78 is 33.9. The van der Waals surface area contributed by atoms with Gasteiger partial charge in [-0.3, -0.25) is 4.79 Å². The van der Waals surface area contributed by atoms with Crippen LogP contribution in [0, 0.1) is 18.6 Å². The largest absolute Gasteiger partial charge is 0.483 e. The highest BCUT2D eigenvalue weighted by Gasteiger charge is 2.20. The van der Waals surface area contributed by atoms with Crippen LogP contribution >= 0.6 is 27.3 Å². The molecule has 4 nitrogen and oxygen atoms in total. The Labute approximate surface area is 160 Å². The third kappa shape index (κ3) is 3.76. The van der Waals surface area contributed by atoms with E-state index in [9.17, 15) is 13.6 Å².